The molecule has 0 radical (unpaired) electrons. The first kappa shape index (κ1) is 12.0. The number of aliphatic carboxylic acids is 1. The molecule has 4 heteroatoms. The summed E-state index contributed by atoms with van der Waals surface area (Å²) in [4.78, 5) is 10.8. The van der Waals surface area contributed by atoms with Gasteiger partial charge in [0.05, 0.1) is 0 Å². The molecule has 1 unspecified atom stereocenters. The fourth-order valence-corrected chi connectivity index (χ4v) is 1.59. The summed E-state index contributed by atoms with van der Waals surface area (Å²) in [5.74, 6) is -0.952. The van der Waals surface area contributed by atoms with Crippen molar-refractivity contribution in [1.82, 2.24) is 0 Å². The minimum Gasteiger partial charge on any atom is -0.479 e. The van der Waals surface area contributed by atoms with Gasteiger partial charge >= 0.3 is 5.97 Å². The average Bonchev–Trinajstić information content (AvgIpc) is 2.16. The maximum Gasteiger partial charge on any atom is 0.333 e. The van der Waals surface area contributed by atoms with Crippen LogP contribution in [0.3, 0.4) is 0 Å². The van der Waals surface area contributed by atoms with Crippen molar-refractivity contribution in [2.24, 2.45) is 0 Å². The van der Waals surface area contributed by atoms with Crippen LogP contribution in [0.1, 0.15) is 11.1 Å². The van der Waals surface area contributed by atoms with Crippen molar-refractivity contribution < 1.29 is 14.6 Å². The number of halogens is 1. The van der Waals surface area contributed by atoms with Crippen molar-refractivity contribution in [1.29, 1.82) is 0 Å². The number of hydrogen-bond donors (Lipinski definition) is 1. The monoisotopic (exact) mass is 228 g/mol. The lowest BCUT2D eigenvalue weighted by molar-refractivity contribution is -0.148. The molecule has 0 heterocycles. The number of benzene rings is 1. The predicted molar refractivity (Wildman–Crippen MR) is 58.3 cm³/mol. The molecule has 0 aliphatic rings. The molecule has 1 aromatic carbocycles. The summed E-state index contributed by atoms with van der Waals surface area (Å²) < 4.78 is 4.87. The minimum atomic E-state index is -0.952. The van der Waals surface area contributed by atoms with Crippen LogP contribution in [0.25, 0.3) is 0 Å². The molecular weight excluding hydrogens is 216 g/mol. The normalized spacial score (nSPS) is 12.5. The number of rotatable bonds is 4. The Bertz CT molecular complexity index is 363. The molecule has 0 saturated carbocycles. The number of ether oxygens (including phenoxy) is 1. The van der Waals surface area contributed by atoms with E-state index in [9.17, 15) is 4.79 Å². The number of methoxy groups -OCH3 is 1. The zero-order valence-electron chi connectivity index (χ0n) is 8.66. The molecule has 0 aliphatic carbocycles. The van der Waals surface area contributed by atoms with E-state index in [1.807, 2.05) is 19.1 Å². The van der Waals surface area contributed by atoms with Gasteiger partial charge in [0, 0.05) is 18.6 Å². The van der Waals surface area contributed by atoms with Crippen LogP contribution >= 0.6 is 11.6 Å². The molecule has 1 aromatic rings. The Labute approximate surface area is 93.6 Å². The molecule has 0 bridgehead atoms. The Morgan fingerprint density at radius 1 is 1.60 bits per heavy atom. The van der Waals surface area contributed by atoms with Gasteiger partial charge in [-0.05, 0) is 30.2 Å². The Balaban J connectivity index is 2.84. The highest BCUT2D eigenvalue weighted by molar-refractivity contribution is 6.30. The third kappa shape index (κ3) is 3.22. The third-order valence-corrected chi connectivity index (χ3v) is 2.51. The molecule has 1 atom stereocenters. The van der Waals surface area contributed by atoms with Gasteiger partial charge in [0.25, 0.3) is 0 Å². The number of carboxylic acid groups (broad SMARTS) is 1. The van der Waals surface area contributed by atoms with E-state index in [0.717, 1.165) is 11.1 Å². The lowest BCUT2D eigenvalue weighted by Crippen LogP contribution is -2.25. The fourth-order valence-electron chi connectivity index (χ4n) is 1.36. The van der Waals surface area contributed by atoms with Crippen LogP contribution in [0.4, 0.5) is 0 Å². The van der Waals surface area contributed by atoms with Gasteiger partial charge in [-0.25, -0.2) is 4.79 Å². The van der Waals surface area contributed by atoms with E-state index in [-0.39, 0.29) is 0 Å². The third-order valence-electron chi connectivity index (χ3n) is 2.27. The number of aryl methyl sites for hydroxylation is 1. The zero-order valence-corrected chi connectivity index (χ0v) is 9.41. The lowest BCUT2D eigenvalue weighted by atomic mass is 10.0. The van der Waals surface area contributed by atoms with Crippen molar-refractivity contribution in [3.05, 3.63) is 34.3 Å². The van der Waals surface area contributed by atoms with Crippen LogP contribution in [0.5, 0.6) is 0 Å². The van der Waals surface area contributed by atoms with Crippen molar-refractivity contribution in [2.45, 2.75) is 19.4 Å². The summed E-state index contributed by atoms with van der Waals surface area (Å²) >= 11 is 5.80. The van der Waals surface area contributed by atoms with E-state index in [2.05, 4.69) is 0 Å². The van der Waals surface area contributed by atoms with Crippen LogP contribution in [-0.2, 0) is 16.0 Å². The SMILES string of the molecule is COC(Cc1ccc(Cl)cc1C)C(=O)O. The molecule has 0 amide bonds. The molecule has 0 fully saturated rings. The number of carbonyl (C=O) groups is 1. The largest absolute Gasteiger partial charge is 0.479 e. The predicted octanol–water partition coefficient (Wildman–Crippen LogP) is 2.29. The topological polar surface area (TPSA) is 46.5 Å². The second-order valence-corrected chi connectivity index (χ2v) is 3.77. The van der Waals surface area contributed by atoms with E-state index in [1.54, 1.807) is 6.07 Å². The van der Waals surface area contributed by atoms with Crippen molar-refractivity contribution >= 4 is 17.6 Å². The lowest BCUT2D eigenvalue weighted by Gasteiger charge is -2.12. The van der Waals surface area contributed by atoms with E-state index in [4.69, 9.17) is 21.4 Å². The summed E-state index contributed by atoms with van der Waals surface area (Å²) in [6, 6.07) is 5.39. The van der Waals surface area contributed by atoms with E-state index < -0.39 is 12.1 Å². The smallest absolute Gasteiger partial charge is 0.333 e. The van der Waals surface area contributed by atoms with Crippen LogP contribution in [-0.4, -0.2) is 24.3 Å². The summed E-state index contributed by atoms with van der Waals surface area (Å²) in [7, 11) is 1.39. The van der Waals surface area contributed by atoms with Gasteiger partial charge in [-0.2, -0.15) is 0 Å². The van der Waals surface area contributed by atoms with E-state index in [1.165, 1.54) is 7.11 Å². The Hall–Kier alpha value is -1.06. The van der Waals surface area contributed by atoms with Crippen LogP contribution in [0, 0.1) is 6.92 Å². The minimum absolute atomic E-state index is 0.356. The first-order valence-electron chi connectivity index (χ1n) is 4.55. The highest BCUT2D eigenvalue weighted by Gasteiger charge is 2.17. The Morgan fingerprint density at radius 3 is 2.73 bits per heavy atom. The van der Waals surface area contributed by atoms with Crippen molar-refractivity contribution in [3.63, 3.8) is 0 Å². The molecule has 0 saturated heterocycles. The highest BCUT2D eigenvalue weighted by Crippen LogP contribution is 2.17. The second-order valence-electron chi connectivity index (χ2n) is 3.34. The maximum atomic E-state index is 10.8. The first-order chi connectivity index (χ1) is 7.04. The number of carboxylic acids is 1. The molecule has 82 valence electrons. The molecule has 0 aliphatic heterocycles. The molecule has 3 nitrogen and oxygen atoms in total. The fraction of sp³-hybridized carbons (Fsp3) is 0.364. The van der Waals surface area contributed by atoms with Gasteiger partial charge in [-0.3, -0.25) is 0 Å². The maximum absolute atomic E-state index is 10.8. The van der Waals surface area contributed by atoms with Crippen molar-refractivity contribution in [2.75, 3.05) is 7.11 Å². The molecular formula is C11H13ClO3. The van der Waals surface area contributed by atoms with Gasteiger partial charge in [0.15, 0.2) is 6.10 Å². The van der Waals surface area contributed by atoms with Crippen LogP contribution < -0.4 is 0 Å². The molecule has 0 aromatic heterocycles. The van der Waals surface area contributed by atoms with E-state index >= 15 is 0 Å². The summed E-state index contributed by atoms with van der Waals surface area (Å²) in [5.41, 5.74) is 1.92. The van der Waals surface area contributed by atoms with E-state index in [0.29, 0.717) is 11.4 Å². The quantitative estimate of drug-likeness (QED) is 0.860. The summed E-state index contributed by atoms with van der Waals surface area (Å²) in [5, 5.41) is 9.48. The summed E-state index contributed by atoms with van der Waals surface area (Å²) in [6.07, 6.45) is -0.445. The average molecular weight is 229 g/mol. The molecule has 15 heavy (non-hydrogen) atoms. The molecule has 0 spiro atoms. The van der Waals surface area contributed by atoms with Gasteiger partial charge in [-0.1, -0.05) is 17.7 Å². The van der Waals surface area contributed by atoms with Crippen molar-refractivity contribution in [3.8, 4) is 0 Å². The number of hydrogen-bond acceptors (Lipinski definition) is 2. The van der Waals surface area contributed by atoms with Crippen LogP contribution in [0.2, 0.25) is 5.02 Å². The first-order valence-corrected chi connectivity index (χ1v) is 4.93. The van der Waals surface area contributed by atoms with Gasteiger partial charge in [0.1, 0.15) is 0 Å². The second kappa shape index (κ2) is 5.14. The van der Waals surface area contributed by atoms with Gasteiger partial charge in [-0.15, -0.1) is 0 Å². The summed E-state index contributed by atoms with van der Waals surface area (Å²) in [6.45, 7) is 1.90. The highest BCUT2D eigenvalue weighted by atomic mass is 35.5. The van der Waals surface area contributed by atoms with Gasteiger partial charge < -0.3 is 9.84 Å². The molecule has 1 N–H and O–H groups in total. The van der Waals surface area contributed by atoms with Gasteiger partial charge in [0.2, 0.25) is 0 Å². The zero-order chi connectivity index (χ0) is 11.4. The van der Waals surface area contributed by atoms with Crippen LogP contribution in [0.15, 0.2) is 18.2 Å². The molecule has 1 rings (SSSR count). The Morgan fingerprint density at radius 2 is 2.27 bits per heavy atom. The Kier molecular flexibility index (Phi) is 4.12. The standard InChI is InChI=1S/C11H13ClO3/c1-7-5-9(12)4-3-8(7)6-10(15-2)11(13)14/h3-5,10H,6H2,1-2H3,(H,13,14).